The zero-order valence-corrected chi connectivity index (χ0v) is 13.2. The van der Waals surface area contributed by atoms with E-state index < -0.39 is 11.7 Å². The number of aromatic nitrogens is 2. The highest BCUT2D eigenvalue weighted by molar-refractivity contribution is 5.94. The standard InChI is InChI=1S/C17H16FN3O3/c1-21-14(7-8-20-21)16-6-4-12(24-16)10-19-17(22)11-3-5-15(23-2)13(18)9-11/h3-9H,10H2,1-2H3,(H,19,22). The molecular weight excluding hydrogens is 313 g/mol. The lowest BCUT2D eigenvalue weighted by Crippen LogP contribution is -2.22. The number of furan rings is 1. The Hall–Kier alpha value is -3.09. The monoisotopic (exact) mass is 329 g/mol. The molecule has 1 amide bonds. The Morgan fingerprint density at radius 1 is 1.33 bits per heavy atom. The zero-order chi connectivity index (χ0) is 17.1. The molecule has 3 aromatic rings. The minimum Gasteiger partial charge on any atom is -0.494 e. The average Bonchev–Trinajstić information content (AvgIpc) is 3.21. The smallest absolute Gasteiger partial charge is 0.251 e. The van der Waals surface area contributed by atoms with Crippen molar-refractivity contribution in [2.75, 3.05) is 7.11 Å². The number of carbonyl (C=O) groups is 1. The second kappa shape index (κ2) is 6.57. The summed E-state index contributed by atoms with van der Waals surface area (Å²) in [5.74, 6) is 0.373. The van der Waals surface area contributed by atoms with Crippen molar-refractivity contribution in [3.63, 3.8) is 0 Å². The molecule has 0 aliphatic rings. The van der Waals surface area contributed by atoms with Gasteiger partial charge >= 0.3 is 0 Å². The van der Waals surface area contributed by atoms with Crippen LogP contribution in [0.1, 0.15) is 16.1 Å². The number of aryl methyl sites for hydroxylation is 1. The van der Waals surface area contributed by atoms with E-state index in [1.807, 2.05) is 19.2 Å². The van der Waals surface area contributed by atoms with Crippen molar-refractivity contribution in [1.29, 1.82) is 0 Å². The number of hydrogen-bond acceptors (Lipinski definition) is 4. The molecule has 0 aliphatic carbocycles. The van der Waals surface area contributed by atoms with E-state index in [0.29, 0.717) is 11.5 Å². The first-order chi connectivity index (χ1) is 11.6. The van der Waals surface area contributed by atoms with Crippen molar-refractivity contribution >= 4 is 5.91 Å². The van der Waals surface area contributed by atoms with Gasteiger partial charge in [-0.2, -0.15) is 5.10 Å². The first-order valence-corrected chi connectivity index (χ1v) is 7.27. The van der Waals surface area contributed by atoms with Crippen LogP contribution in [0.5, 0.6) is 5.75 Å². The molecule has 0 saturated carbocycles. The van der Waals surface area contributed by atoms with Gasteiger partial charge in [0.1, 0.15) is 11.5 Å². The highest BCUT2D eigenvalue weighted by atomic mass is 19.1. The molecule has 24 heavy (non-hydrogen) atoms. The third kappa shape index (κ3) is 3.15. The maximum Gasteiger partial charge on any atom is 0.251 e. The molecule has 0 fully saturated rings. The van der Waals surface area contributed by atoms with Crippen LogP contribution in [0, 0.1) is 5.82 Å². The van der Waals surface area contributed by atoms with E-state index in [4.69, 9.17) is 9.15 Å². The summed E-state index contributed by atoms with van der Waals surface area (Å²) in [5, 5.41) is 6.77. The van der Waals surface area contributed by atoms with E-state index >= 15 is 0 Å². The zero-order valence-electron chi connectivity index (χ0n) is 13.2. The van der Waals surface area contributed by atoms with Crippen molar-refractivity contribution in [3.8, 4) is 17.2 Å². The van der Waals surface area contributed by atoms with Crippen LogP contribution in [0.15, 0.2) is 47.0 Å². The Bertz CT molecular complexity index is 870. The molecule has 124 valence electrons. The van der Waals surface area contributed by atoms with Crippen LogP contribution in [0.2, 0.25) is 0 Å². The van der Waals surface area contributed by atoms with Crippen molar-refractivity contribution in [2.45, 2.75) is 6.54 Å². The summed E-state index contributed by atoms with van der Waals surface area (Å²) in [6.07, 6.45) is 1.68. The van der Waals surface area contributed by atoms with Gasteiger partial charge in [0, 0.05) is 18.8 Å². The van der Waals surface area contributed by atoms with E-state index in [1.54, 1.807) is 16.9 Å². The average molecular weight is 329 g/mol. The van der Waals surface area contributed by atoms with Gasteiger partial charge in [-0.1, -0.05) is 0 Å². The number of halogens is 1. The van der Waals surface area contributed by atoms with E-state index in [2.05, 4.69) is 10.4 Å². The lowest BCUT2D eigenvalue weighted by atomic mass is 10.2. The molecule has 0 aliphatic heterocycles. The largest absolute Gasteiger partial charge is 0.494 e. The van der Waals surface area contributed by atoms with Gasteiger partial charge in [-0.15, -0.1) is 0 Å². The molecule has 7 heteroatoms. The number of carbonyl (C=O) groups excluding carboxylic acids is 1. The summed E-state index contributed by atoms with van der Waals surface area (Å²) < 4.78 is 25.8. The molecular formula is C17H16FN3O3. The molecule has 1 N–H and O–H groups in total. The van der Waals surface area contributed by atoms with Gasteiger partial charge in [-0.05, 0) is 36.4 Å². The van der Waals surface area contributed by atoms with Crippen LogP contribution in [-0.2, 0) is 13.6 Å². The molecule has 0 unspecified atom stereocenters. The van der Waals surface area contributed by atoms with Gasteiger partial charge in [-0.3, -0.25) is 9.48 Å². The molecule has 0 atom stereocenters. The number of hydrogen-bond donors (Lipinski definition) is 1. The first kappa shape index (κ1) is 15.8. The fraction of sp³-hybridized carbons (Fsp3) is 0.176. The van der Waals surface area contributed by atoms with Crippen LogP contribution in [0.3, 0.4) is 0 Å². The normalized spacial score (nSPS) is 10.6. The summed E-state index contributed by atoms with van der Waals surface area (Å²) in [7, 11) is 3.19. The number of nitrogens with zero attached hydrogens (tertiary/aromatic N) is 2. The van der Waals surface area contributed by atoms with Gasteiger partial charge < -0.3 is 14.5 Å². The van der Waals surface area contributed by atoms with Crippen molar-refractivity contribution < 1.29 is 18.3 Å². The molecule has 1 aromatic carbocycles. The third-order valence-corrected chi connectivity index (χ3v) is 3.57. The fourth-order valence-corrected chi connectivity index (χ4v) is 2.30. The number of ether oxygens (including phenoxy) is 1. The molecule has 3 rings (SSSR count). The van der Waals surface area contributed by atoms with Crippen LogP contribution in [0.4, 0.5) is 4.39 Å². The SMILES string of the molecule is COc1ccc(C(=O)NCc2ccc(-c3ccnn3C)o2)cc1F. The fourth-order valence-electron chi connectivity index (χ4n) is 2.30. The maximum absolute atomic E-state index is 13.6. The van der Waals surface area contributed by atoms with Gasteiger partial charge in [0.25, 0.3) is 5.91 Å². The quantitative estimate of drug-likeness (QED) is 0.781. The molecule has 2 aromatic heterocycles. The van der Waals surface area contributed by atoms with E-state index in [9.17, 15) is 9.18 Å². The van der Waals surface area contributed by atoms with Crippen LogP contribution >= 0.6 is 0 Å². The van der Waals surface area contributed by atoms with Crippen molar-refractivity contribution in [1.82, 2.24) is 15.1 Å². The number of methoxy groups -OCH3 is 1. The molecule has 0 radical (unpaired) electrons. The Morgan fingerprint density at radius 3 is 2.83 bits per heavy atom. The van der Waals surface area contributed by atoms with E-state index in [1.165, 1.54) is 19.2 Å². The van der Waals surface area contributed by atoms with Crippen LogP contribution < -0.4 is 10.1 Å². The Morgan fingerprint density at radius 2 is 2.17 bits per heavy atom. The first-order valence-electron chi connectivity index (χ1n) is 7.27. The molecule has 0 spiro atoms. The molecule has 0 bridgehead atoms. The number of benzene rings is 1. The summed E-state index contributed by atoms with van der Waals surface area (Å²) in [4.78, 5) is 12.1. The second-order valence-electron chi connectivity index (χ2n) is 5.14. The lowest BCUT2D eigenvalue weighted by Gasteiger charge is -2.06. The van der Waals surface area contributed by atoms with Gasteiger partial charge in [0.2, 0.25) is 0 Å². The van der Waals surface area contributed by atoms with Crippen molar-refractivity contribution in [3.05, 3.63) is 59.7 Å². The summed E-state index contributed by atoms with van der Waals surface area (Å²) in [5.41, 5.74) is 1.05. The topological polar surface area (TPSA) is 69.3 Å². The maximum atomic E-state index is 13.6. The summed E-state index contributed by atoms with van der Waals surface area (Å²) in [6.45, 7) is 0.199. The Labute approximate surface area is 137 Å². The minimum absolute atomic E-state index is 0.0957. The molecule has 0 saturated heterocycles. The number of amides is 1. The van der Waals surface area contributed by atoms with Crippen LogP contribution in [-0.4, -0.2) is 22.8 Å². The number of nitrogens with one attached hydrogen (secondary N) is 1. The summed E-state index contributed by atoms with van der Waals surface area (Å²) in [6, 6.07) is 9.47. The number of rotatable bonds is 5. The lowest BCUT2D eigenvalue weighted by molar-refractivity contribution is 0.0947. The summed E-state index contributed by atoms with van der Waals surface area (Å²) >= 11 is 0. The Kier molecular flexibility index (Phi) is 4.33. The highest BCUT2D eigenvalue weighted by Crippen LogP contribution is 2.21. The predicted octanol–water partition coefficient (Wildman–Crippen LogP) is 2.76. The van der Waals surface area contributed by atoms with Crippen LogP contribution in [0.25, 0.3) is 11.5 Å². The van der Waals surface area contributed by atoms with E-state index in [0.717, 1.165) is 11.8 Å². The minimum atomic E-state index is -0.582. The molecule has 6 nitrogen and oxygen atoms in total. The van der Waals surface area contributed by atoms with Gasteiger partial charge in [0.05, 0.1) is 13.7 Å². The second-order valence-corrected chi connectivity index (χ2v) is 5.14. The third-order valence-electron chi connectivity index (χ3n) is 3.57. The predicted molar refractivity (Wildman–Crippen MR) is 85.0 cm³/mol. The van der Waals surface area contributed by atoms with Crippen molar-refractivity contribution in [2.24, 2.45) is 7.05 Å². The van der Waals surface area contributed by atoms with E-state index in [-0.39, 0.29) is 17.9 Å². The highest BCUT2D eigenvalue weighted by Gasteiger charge is 2.12. The molecule has 2 heterocycles. The van der Waals surface area contributed by atoms with Gasteiger partial charge in [0.15, 0.2) is 17.3 Å². The van der Waals surface area contributed by atoms with Gasteiger partial charge in [-0.25, -0.2) is 4.39 Å². The Balaban J connectivity index is 1.66.